The maximum Gasteiger partial charge on any atom is 0.459 e. The maximum absolute atomic E-state index is 12.8. The summed E-state index contributed by atoms with van der Waals surface area (Å²) in [7, 11) is 0.951. The molecule has 0 aliphatic heterocycles. The Hall–Kier alpha value is -0.730. The van der Waals surface area contributed by atoms with Gasteiger partial charge in [0.05, 0.1) is 0 Å². The standard InChI is InChI=1S/C5H3BrF5N3/c1-14-2(3(6)12-13-14)4(7,8)5(9,10)11/h1H3. The van der Waals surface area contributed by atoms with Gasteiger partial charge in [-0.15, -0.1) is 5.10 Å². The average molecular weight is 280 g/mol. The molecule has 0 bridgehead atoms. The van der Waals surface area contributed by atoms with E-state index in [0.717, 1.165) is 7.05 Å². The minimum atomic E-state index is -5.66. The summed E-state index contributed by atoms with van der Waals surface area (Å²) in [5, 5.41) is 6.08. The van der Waals surface area contributed by atoms with Crippen LogP contribution in [0.1, 0.15) is 5.69 Å². The third kappa shape index (κ3) is 1.60. The summed E-state index contributed by atoms with van der Waals surface area (Å²) in [5.41, 5.74) is -1.31. The molecule has 0 fully saturated rings. The summed E-state index contributed by atoms with van der Waals surface area (Å²) in [4.78, 5) is 0. The van der Waals surface area contributed by atoms with Gasteiger partial charge >= 0.3 is 12.1 Å². The van der Waals surface area contributed by atoms with Crippen molar-refractivity contribution in [2.24, 2.45) is 7.05 Å². The first-order chi connectivity index (χ1) is 6.18. The molecule has 1 heterocycles. The highest BCUT2D eigenvalue weighted by Gasteiger charge is 2.61. The third-order valence-electron chi connectivity index (χ3n) is 1.44. The first-order valence-corrected chi connectivity index (χ1v) is 3.97. The van der Waals surface area contributed by atoms with Gasteiger partial charge in [0.1, 0.15) is 0 Å². The monoisotopic (exact) mass is 279 g/mol. The van der Waals surface area contributed by atoms with Crippen molar-refractivity contribution in [2.45, 2.75) is 12.1 Å². The molecule has 1 rings (SSSR count). The number of nitrogens with zero attached hydrogens (tertiary/aromatic N) is 3. The molecule has 0 amide bonds. The second-order valence-corrected chi connectivity index (χ2v) is 3.18. The van der Waals surface area contributed by atoms with Crippen molar-refractivity contribution in [3.8, 4) is 0 Å². The lowest BCUT2D eigenvalue weighted by molar-refractivity contribution is -0.292. The van der Waals surface area contributed by atoms with Crippen LogP contribution in [0.3, 0.4) is 0 Å². The van der Waals surface area contributed by atoms with E-state index >= 15 is 0 Å². The zero-order chi connectivity index (χ0) is 11.1. The number of rotatable bonds is 1. The van der Waals surface area contributed by atoms with Gasteiger partial charge in [0.25, 0.3) is 0 Å². The van der Waals surface area contributed by atoms with E-state index in [-0.39, 0.29) is 0 Å². The van der Waals surface area contributed by atoms with Crippen molar-refractivity contribution in [3.63, 3.8) is 0 Å². The topological polar surface area (TPSA) is 30.7 Å². The predicted octanol–water partition coefficient (Wildman–Crippen LogP) is 2.23. The van der Waals surface area contributed by atoms with Crippen molar-refractivity contribution in [3.05, 3.63) is 10.3 Å². The number of hydrogen-bond donors (Lipinski definition) is 0. The van der Waals surface area contributed by atoms with Crippen LogP contribution < -0.4 is 0 Å². The number of hydrogen-bond acceptors (Lipinski definition) is 2. The van der Waals surface area contributed by atoms with Crippen LogP contribution >= 0.6 is 15.9 Å². The second-order valence-electron chi connectivity index (χ2n) is 2.42. The Kier molecular flexibility index (Phi) is 2.55. The molecule has 3 nitrogen and oxygen atoms in total. The van der Waals surface area contributed by atoms with E-state index < -0.39 is 22.4 Å². The summed E-state index contributed by atoms with van der Waals surface area (Å²) in [5.74, 6) is -4.97. The van der Waals surface area contributed by atoms with E-state index in [0.29, 0.717) is 4.68 Å². The molecule has 0 atom stereocenters. The summed E-state index contributed by atoms with van der Waals surface area (Å²) in [6.07, 6.45) is -5.66. The zero-order valence-electron chi connectivity index (χ0n) is 6.61. The van der Waals surface area contributed by atoms with E-state index in [4.69, 9.17) is 0 Å². The van der Waals surface area contributed by atoms with E-state index in [1.54, 1.807) is 0 Å². The van der Waals surface area contributed by atoms with Crippen molar-refractivity contribution in [2.75, 3.05) is 0 Å². The second kappa shape index (κ2) is 3.14. The summed E-state index contributed by atoms with van der Waals surface area (Å²) in [6.45, 7) is 0. The van der Waals surface area contributed by atoms with Crippen molar-refractivity contribution < 1.29 is 22.0 Å². The van der Waals surface area contributed by atoms with Gasteiger partial charge in [0, 0.05) is 7.05 Å². The minimum Gasteiger partial charge on any atom is -0.245 e. The summed E-state index contributed by atoms with van der Waals surface area (Å²) < 4.78 is 61.0. The normalized spacial score (nSPS) is 13.4. The molecule has 0 saturated heterocycles. The Morgan fingerprint density at radius 3 is 2.00 bits per heavy atom. The van der Waals surface area contributed by atoms with Crippen LogP contribution in [0.4, 0.5) is 22.0 Å². The smallest absolute Gasteiger partial charge is 0.245 e. The van der Waals surface area contributed by atoms with Gasteiger partial charge < -0.3 is 0 Å². The lowest BCUT2D eigenvalue weighted by Crippen LogP contribution is -2.35. The van der Waals surface area contributed by atoms with Crippen LogP contribution in [-0.2, 0) is 13.0 Å². The van der Waals surface area contributed by atoms with Crippen molar-refractivity contribution >= 4 is 15.9 Å². The average Bonchev–Trinajstić information content (AvgIpc) is 2.28. The molecule has 0 N–H and O–H groups in total. The Morgan fingerprint density at radius 2 is 1.71 bits per heavy atom. The van der Waals surface area contributed by atoms with Crippen molar-refractivity contribution in [1.82, 2.24) is 15.0 Å². The Bertz CT molecular complexity index is 324. The quantitative estimate of drug-likeness (QED) is 0.738. The Morgan fingerprint density at radius 1 is 1.21 bits per heavy atom. The molecule has 1 aromatic heterocycles. The molecular weight excluding hydrogens is 277 g/mol. The van der Waals surface area contributed by atoms with Gasteiger partial charge in [-0.05, 0) is 15.9 Å². The predicted molar refractivity (Wildman–Crippen MR) is 38.7 cm³/mol. The highest BCUT2D eigenvalue weighted by molar-refractivity contribution is 9.10. The fourth-order valence-electron chi connectivity index (χ4n) is 0.799. The fraction of sp³-hybridized carbons (Fsp3) is 0.600. The van der Waals surface area contributed by atoms with Crippen molar-refractivity contribution in [1.29, 1.82) is 0 Å². The first-order valence-electron chi connectivity index (χ1n) is 3.18. The maximum atomic E-state index is 12.8. The molecule has 0 aliphatic rings. The molecule has 0 spiro atoms. The Balaban J connectivity index is 3.29. The molecule has 0 unspecified atom stereocenters. The molecule has 9 heteroatoms. The van der Waals surface area contributed by atoms with Crippen LogP contribution in [0.25, 0.3) is 0 Å². The van der Waals surface area contributed by atoms with Crippen LogP contribution in [0.2, 0.25) is 0 Å². The molecule has 0 saturated carbocycles. The zero-order valence-corrected chi connectivity index (χ0v) is 8.20. The number of alkyl halides is 5. The number of aromatic nitrogens is 3. The molecule has 0 aromatic carbocycles. The van der Waals surface area contributed by atoms with Gasteiger partial charge in [-0.25, -0.2) is 4.68 Å². The third-order valence-corrected chi connectivity index (χ3v) is 1.97. The molecule has 0 radical (unpaired) electrons. The van der Waals surface area contributed by atoms with Crippen LogP contribution in [-0.4, -0.2) is 21.2 Å². The number of halogens is 6. The highest BCUT2D eigenvalue weighted by Crippen LogP contribution is 2.45. The molecule has 14 heavy (non-hydrogen) atoms. The largest absolute Gasteiger partial charge is 0.459 e. The summed E-state index contributed by atoms with van der Waals surface area (Å²) >= 11 is 2.47. The summed E-state index contributed by atoms with van der Waals surface area (Å²) in [6, 6.07) is 0. The van der Waals surface area contributed by atoms with Gasteiger partial charge in [-0.3, -0.25) is 0 Å². The molecule has 80 valence electrons. The van der Waals surface area contributed by atoms with Gasteiger partial charge in [-0.2, -0.15) is 22.0 Å². The van der Waals surface area contributed by atoms with Gasteiger partial charge in [-0.1, -0.05) is 5.21 Å². The molecule has 1 aromatic rings. The SMILES string of the molecule is Cn1nnc(Br)c1C(F)(F)C(F)(F)F. The van der Waals surface area contributed by atoms with E-state index in [9.17, 15) is 22.0 Å². The van der Waals surface area contributed by atoms with E-state index in [1.165, 1.54) is 0 Å². The van der Waals surface area contributed by atoms with E-state index in [2.05, 4.69) is 26.2 Å². The minimum absolute atomic E-state index is 0.373. The van der Waals surface area contributed by atoms with Gasteiger partial charge in [0.15, 0.2) is 10.3 Å². The molecule has 0 aliphatic carbocycles. The number of aryl methyl sites for hydroxylation is 1. The van der Waals surface area contributed by atoms with Gasteiger partial charge in [0.2, 0.25) is 0 Å². The highest BCUT2D eigenvalue weighted by atomic mass is 79.9. The Labute approximate surface area is 83.0 Å². The molecular formula is C5H3BrF5N3. The lowest BCUT2D eigenvalue weighted by atomic mass is 10.2. The lowest BCUT2D eigenvalue weighted by Gasteiger charge is -2.19. The van der Waals surface area contributed by atoms with Crippen LogP contribution in [0.5, 0.6) is 0 Å². The van der Waals surface area contributed by atoms with Crippen LogP contribution in [0, 0.1) is 0 Å². The van der Waals surface area contributed by atoms with E-state index in [1.807, 2.05) is 0 Å². The fourth-order valence-corrected chi connectivity index (χ4v) is 1.38. The first kappa shape index (κ1) is 11.3. The van der Waals surface area contributed by atoms with Crippen LogP contribution in [0.15, 0.2) is 4.60 Å².